The summed E-state index contributed by atoms with van der Waals surface area (Å²) in [6.07, 6.45) is 0. The summed E-state index contributed by atoms with van der Waals surface area (Å²) in [7, 11) is 4.22. The minimum absolute atomic E-state index is 0.970. The van der Waals surface area contributed by atoms with E-state index in [0.29, 0.717) is 0 Å². The number of aryl methyl sites for hydroxylation is 2. The van der Waals surface area contributed by atoms with Gasteiger partial charge in [0.1, 0.15) is 0 Å². The van der Waals surface area contributed by atoms with Crippen molar-refractivity contribution in [3.8, 4) is 11.1 Å². The third-order valence-corrected chi connectivity index (χ3v) is 6.67. The molecule has 4 heteroatoms. The average Bonchev–Trinajstić information content (AvgIpc) is 3.43. The van der Waals surface area contributed by atoms with Crippen LogP contribution in [-0.4, -0.2) is 18.5 Å². The molecule has 7 aromatic rings. The van der Waals surface area contributed by atoms with E-state index >= 15 is 0 Å². The van der Waals surface area contributed by atoms with E-state index in [1.807, 2.05) is 0 Å². The van der Waals surface area contributed by atoms with Gasteiger partial charge in [0.15, 0.2) is 0 Å². The highest BCUT2D eigenvalue weighted by atomic mass is 15.2. The molecule has 0 aliphatic rings. The molecule has 0 spiro atoms. The topological polar surface area (TPSA) is 27.2 Å². The predicted molar refractivity (Wildman–Crippen MR) is 129 cm³/mol. The van der Waals surface area contributed by atoms with Gasteiger partial charge in [-0.05, 0) is 53.6 Å². The van der Waals surface area contributed by atoms with Crippen molar-refractivity contribution in [1.29, 1.82) is 0 Å². The summed E-state index contributed by atoms with van der Waals surface area (Å²) < 4.78 is 6.68. The Labute approximate surface area is 178 Å². The lowest BCUT2D eigenvalue weighted by atomic mass is 10.0. The Morgan fingerprint density at radius 3 is 2.03 bits per heavy atom. The first-order chi connectivity index (χ1) is 15.2. The van der Waals surface area contributed by atoms with Crippen LogP contribution in [0, 0.1) is 0 Å². The highest BCUT2D eigenvalue weighted by Gasteiger charge is 2.15. The number of fused-ring (bicyclic) bond motifs is 8. The Balaban J connectivity index is 1.47. The predicted octanol–water partition coefficient (Wildman–Crippen LogP) is 6.29. The number of para-hydroxylation sites is 3. The fraction of sp³-hybridized carbons (Fsp3) is 0.0741. The molecule has 0 bridgehead atoms. The fourth-order valence-electron chi connectivity index (χ4n) is 5.10. The summed E-state index contributed by atoms with van der Waals surface area (Å²) in [6, 6.07) is 30.4. The molecule has 4 nitrogen and oxygen atoms in total. The average molecular weight is 400 g/mol. The van der Waals surface area contributed by atoms with Crippen molar-refractivity contribution in [3.63, 3.8) is 0 Å². The van der Waals surface area contributed by atoms with Crippen LogP contribution in [0.2, 0.25) is 0 Å². The zero-order valence-corrected chi connectivity index (χ0v) is 17.4. The van der Waals surface area contributed by atoms with Gasteiger partial charge in [-0.2, -0.15) is 0 Å². The van der Waals surface area contributed by atoms with E-state index in [1.54, 1.807) is 0 Å². The van der Waals surface area contributed by atoms with Crippen LogP contribution in [0.1, 0.15) is 0 Å². The van der Waals surface area contributed by atoms with Gasteiger partial charge >= 0.3 is 0 Å². The van der Waals surface area contributed by atoms with Crippen molar-refractivity contribution in [3.05, 3.63) is 84.9 Å². The second-order valence-electron chi connectivity index (χ2n) is 8.31. The normalized spacial score (nSPS) is 12.2. The molecule has 4 aromatic carbocycles. The van der Waals surface area contributed by atoms with Crippen molar-refractivity contribution >= 4 is 49.7 Å². The number of hydrogen-bond acceptors (Lipinski definition) is 1. The van der Waals surface area contributed by atoms with Crippen LogP contribution in [0.3, 0.4) is 0 Å². The maximum Gasteiger partial charge on any atom is 0.215 e. The first-order valence-corrected chi connectivity index (χ1v) is 10.5. The summed E-state index contributed by atoms with van der Waals surface area (Å²) >= 11 is 0. The van der Waals surface area contributed by atoms with Gasteiger partial charge in [0, 0.05) is 35.9 Å². The molecule has 0 aliphatic heterocycles. The van der Waals surface area contributed by atoms with E-state index in [0.717, 1.165) is 16.8 Å². The molecule has 3 heterocycles. The largest absolute Gasteiger partial charge is 0.344 e. The highest BCUT2D eigenvalue weighted by molar-refractivity contribution is 6.09. The van der Waals surface area contributed by atoms with E-state index in [1.165, 1.54) is 44.0 Å². The van der Waals surface area contributed by atoms with Gasteiger partial charge in [-0.25, -0.2) is 4.98 Å². The van der Waals surface area contributed by atoms with Gasteiger partial charge in [-0.15, -0.1) is 0 Å². The second kappa shape index (κ2) is 5.76. The molecule has 0 N–H and O–H groups in total. The van der Waals surface area contributed by atoms with Crippen LogP contribution in [-0.2, 0) is 14.1 Å². The van der Waals surface area contributed by atoms with Crippen molar-refractivity contribution in [2.45, 2.75) is 0 Å². The molecule has 7 rings (SSSR count). The molecule has 0 radical (unpaired) electrons. The first-order valence-electron chi connectivity index (χ1n) is 10.5. The van der Waals surface area contributed by atoms with E-state index in [9.17, 15) is 0 Å². The van der Waals surface area contributed by atoms with Gasteiger partial charge < -0.3 is 9.13 Å². The molecule has 31 heavy (non-hydrogen) atoms. The number of rotatable bonds is 1. The van der Waals surface area contributed by atoms with Crippen LogP contribution in [0.15, 0.2) is 84.9 Å². The molecule has 0 saturated carbocycles. The number of hydrogen-bond donors (Lipinski definition) is 0. The Morgan fingerprint density at radius 1 is 0.548 bits per heavy atom. The molecule has 0 atom stereocenters. The molecule has 0 amide bonds. The summed E-state index contributed by atoms with van der Waals surface area (Å²) in [6.45, 7) is 0. The standard InChI is InChI=1S/C27H20N4/c1-29-22-8-4-3-7-19(22)20-15-17(11-13-23(20)29)18-12-14-24-21(16-18)28-27-30(2)25-9-5-6-10-26(25)31(24)27/h3-16H,1-2H3. The maximum absolute atomic E-state index is 4.98. The number of imidazole rings is 2. The third-order valence-electron chi connectivity index (χ3n) is 6.67. The summed E-state index contributed by atoms with van der Waals surface area (Å²) in [4.78, 5) is 4.98. The lowest BCUT2D eigenvalue weighted by Gasteiger charge is -2.04. The number of benzene rings is 4. The minimum atomic E-state index is 0.970. The SMILES string of the molecule is Cn1c2ccccc2c2cc(-c3ccc4c(c3)nc3n(C)c5ccccc5n43)ccc21. The first kappa shape index (κ1) is 16.7. The van der Waals surface area contributed by atoms with Crippen molar-refractivity contribution in [2.75, 3.05) is 0 Å². The van der Waals surface area contributed by atoms with E-state index in [4.69, 9.17) is 4.98 Å². The zero-order chi connectivity index (χ0) is 20.7. The molecular formula is C27H20N4. The zero-order valence-electron chi connectivity index (χ0n) is 17.4. The van der Waals surface area contributed by atoms with Crippen LogP contribution >= 0.6 is 0 Å². The summed E-state index contributed by atoms with van der Waals surface area (Å²) in [5, 5.41) is 2.58. The Kier molecular flexibility index (Phi) is 3.11. The Morgan fingerprint density at radius 2 is 1.19 bits per heavy atom. The Bertz CT molecular complexity index is 1810. The van der Waals surface area contributed by atoms with Crippen LogP contribution in [0.4, 0.5) is 0 Å². The number of nitrogens with zero attached hydrogens (tertiary/aromatic N) is 4. The number of aromatic nitrogens is 4. The second-order valence-corrected chi connectivity index (χ2v) is 8.31. The van der Waals surface area contributed by atoms with Gasteiger partial charge in [0.2, 0.25) is 5.78 Å². The molecule has 148 valence electrons. The molecule has 0 unspecified atom stereocenters. The lowest BCUT2D eigenvalue weighted by Crippen LogP contribution is -1.87. The third kappa shape index (κ3) is 2.11. The molecule has 0 aliphatic carbocycles. The molecule has 0 saturated heterocycles. The van der Waals surface area contributed by atoms with E-state index in [2.05, 4.69) is 113 Å². The maximum atomic E-state index is 4.98. The van der Waals surface area contributed by atoms with Crippen molar-refractivity contribution in [1.82, 2.24) is 18.5 Å². The molecular weight excluding hydrogens is 380 g/mol. The van der Waals surface area contributed by atoms with Crippen LogP contribution < -0.4 is 0 Å². The molecule has 0 fully saturated rings. The lowest BCUT2D eigenvalue weighted by molar-refractivity contribution is 0.973. The fourth-order valence-corrected chi connectivity index (χ4v) is 5.10. The smallest absolute Gasteiger partial charge is 0.215 e. The van der Waals surface area contributed by atoms with E-state index < -0.39 is 0 Å². The quantitative estimate of drug-likeness (QED) is 0.318. The highest BCUT2D eigenvalue weighted by Crippen LogP contribution is 2.33. The van der Waals surface area contributed by atoms with Gasteiger partial charge in [0.25, 0.3) is 0 Å². The van der Waals surface area contributed by atoms with Crippen LogP contribution in [0.25, 0.3) is 60.8 Å². The van der Waals surface area contributed by atoms with Crippen molar-refractivity contribution < 1.29 is 0 Å². The summed E-state index contributed by atoms with van der Waals surface area (Å²) in [5.74, 6) is 0.970. The molecule has 3 aromatic heterocycles. The van der Waals surface area contributed by atoms with Gasteiger partial charge in [-0.3, -0.25) is 4.40 Å². The van der Waals surface area contributed by atoms with Crippen LogP contribution in [0.5, 0.6) is 0 Å². The van der Waals surface area contributed by atoms with Gasteiger partial charge in [-0.1, -0.05) is 42.5 Å². The summed E-state index contributed by atoms with van der Waals surface area (Å²) in [5.41, 5.74) is 9.46. The van der Waals surface area contributed by atoms with Crippen molar-refractivity contribution in [2.24, 2.45) is 14.1 Å². The van der Waals surface area contributed by atoms with Gasteiger partial charge in [0.05, 0.1) is 22.1 Å². The van der Waals surface area contributed by atoms with E-state index in [-0.39, 0.29) is 0 Å². The minimum Gasteiger partial charge on any atom is -0.344 e. The Hall–Kier alpha value is -4.05. The monoisotopic (exact) mass is 400 g/mol.